The minimum atomic E-state index is -0.0661. The molecule has 0 unspecified atom stereocenters. The lowest BCUT2D eigenvalue weighted by Gasteiger charge is -2.40. The molecular formula is C30H39N7O. The van der Waals surface area contributed by atoms with Gasteiger partial charge in [-0.25, -0.2) is 4.68 Å². The number of nitrogens with one attached hydrogen (secondary N) is 1. The molecule has 0 amide bonds. The van der Waals surface area contributed by atoms with Gasteiger partial charge in [0.1, 0.15) is 0 Å². The molecule has 2 aromatic carbocycles. The van der Waals surface area contributed by atoms with Crippen molar-refractivity contribution in [1.29, 1.82) is 0 Å². The number of hydrogen-bond acceptors (Lipinski definition) is 6. The minimum absolute atomic E-state index is 0.0661. The number of benzene rings is 2. The van der Waals surface area contributed by atoms with Crippen LogP contribution in [0.1, 0.15) is 27.7 Å². The van der Waals surface area contributed by atoms with E-state index in [1.54, 1.807) is 10.9 Å². The van der Waals surface area contributed by atoms with Gasteiger partial charge in [-0.15, -0.1) is 0 Å². The first-order chi connectivity index (χ1) is 18.4. The fraction of sp³-hybridized carbons (Fsp3) is 0.467. The third-order valence-corrected chi connectivity index (χ3v) is 8.40. The Kier molecular flexibility index (Phi) is 6.61. The number of aromatic amines is 1. The molecule has 2 aliphatic rings. The van der Waals surface area contributed by atoms with Crippen molar-refractivity contribution in [3.05, 3.63) is 59.0 Å². The van der Waals surface area contributed by atoms with Gasteiger partial charge in [0, 0.05) is 81.7 Å². The number of fused-ring (bicyclic) bond motifs is 3. The van der Waals surface area contributed by atoms with Crippen LogP contribution in [0.5, 0.6) is 0 Å². The molecule has 6 rings (SSSR count). The second-order valence-electron chi connectivity index (χ2n) is 11.2. The second kappa shape index (κ2) is 10.1. The molecule has 0 spiro atoms. The van der Waals surface area contributed by atoms with E-state index in [4.69, 9.17) is 4.98 Å². The number of piperazine rings is 2. The van der Waals surface area contributed by atoms with Gasteiger partial charge in [-0.1, -0.05) is 18.2 Å². The van der Waals surface area contributed by atoms with Gasteiger partial charge < -0.3 is 9.80 Å². The van der Waals surface area contributed by atoms with E-state index < -0.39 is 0 Å². The summed E-state index contributed by atoms with van der Waals surface area (Å²) in [7, 11) is 0. The monoisotopic (exact) mass is 513 g/mol. The van der Waals surface area contributed by atoms with E-state index in [9.17, 15) is 4.79 Å². The van der Waals surface area contributed by atoms with E-state index in [0.29, 0.717) is 17.5 Å². The van der Waals surface area contributed by atoms with Crippen molar-refractivity contribution >= 4 is 33.2 Å². The maximum atomic E-state index is 13.4. The summed E-state index contributed by atoms with van der Waals surface area (Å²) in [4.78, 5) is 28.4. The highest BCUT2D eigenvalue weighted by molar-refractivity contribution is 6.08. The van der Waals surface area contributed by atoms with E-state index in [1.165, 1.54) is 11.4 Å². The fourth-order valence-corrected chi connectivity index (χ4v) is 5.99. The molecule has 1 N–H and O–H groups in total. The van der Waals surface area contributed by atoms with Gasteiger partial charge in [-0.2, -0.15) is 0 Å². The second-order valence-corrected chi connectivity index (χ2v) is 11.2. The van der Waals surface area contributed by atoms with Gasteiger partial charge in [0.15, 0.2) is 0 Å². The third kappa shape index (κ3) is 4.46. The van der Waals surface area contributed by atoms with Gasteiger partial charge in [-0.3, -0.25) is 24.7 Å². The van der Waals surface area contributed by atoms with E-state index in [2.05, 4.69) is 64.5 Å². The Hall–Kier alpha value is -3.36. The van der Waals surface area contributed by atoms with Gasteiger partial charge in [0.25, 0.3) is 5.56 Å². The Morgan fingerprint density at radius 2 is 1.34 bits per heavy atom. The molecule has 38 heavy (non-hydrogen) atoms. The van der Waals surface area contributed by atoms with Crippen molar-refractivity contribution in [2.75, 3.05) is 62.2 Å². The Balaban J connectivity index is 1.47. The van der Waals surface area contributed by atoms with Crippen LogP contribution in [-0.4, -0.2) is 89.0 Å². The third-order valence-electron chi connectivity index (χ3n) is 8.40. The first kappa shape index (κ1) is 24.9. The highest BCUT2D eigenvalue weighted by Crippen LogP contribution is 2.35. The molecule has 4 aromatic rings. The topological polar surface area (TPSA) is 63.6 Å². The Labute approximate surface area is 224 Å². The van der Waals surface area contributed by atoms with Crippen molar-refractivity contribution < 1.29 is 0 Å². The van der Waals surface area contributed by atoms with Crippen molar-refractivity contribution in [2.45, 2.75) is 39.8 Å². The maximum Gasteiger partial charge on any atom is 0.280 e. The summed E-state index contributed by atoms with van der Waals surface area (Å²) >= 11 is 0. The van der Waals surface area contributed by atoms with Crippen LogP contribution in [0.3, 0.4) is 0 Å². The molecule has 2 aliphatic heterocycles. The summed E-state index contributed by atoms with van der Waals surface area (Å²) in [6.45, 7) is 17.2. The summed E-state index contributed by atoms with van der Waals surface area (Å²) in [5.74, 6) is 0. The number of anilines is 2. The van der Waals surface area contributed by atoms with Crippen LogP contribution in [0.2, 0.25) is 0 Å². The van der Waals surface area contributed by atoms with Crippen LogP contribution < -0.4 is 15.4 Å². The molecule has 0 saturated carbocycles. The van der Waals surface area contributed by atoms with Crippen molar-refractivity contribution in [3.63, 3.8) is 0 Å². The van der Waals surface area contributed by atoms with Crippen LogP contribution in [-0.2, 0) is 0 Å². The standard InChI is InChI=1S/C30H39N7O/c1-21(2)33-10-14-35(15-11-33)24-18-25-28-26(30(38)37(32-28)23-8-6-5-7-9-23)20-31-29(25)27(19-24)36-16-12-34(13-17-36)22(3)4/h5-9,18-22,32H,10-17H2,1-4H3. The Morgan fingerprint density at radius 3 is 1.95 bits per heavy atom. The molecule has 2 fully saturated rings. The number of rotatable bonds is 5. The highest BCUT2D eigenvalue weighted by atomic mass is 16.1. The summed E-state index contributed by atoms with van der Waals surface area (Å²) in [6.07, 6.45) is 1.75. The molecular weight excluding hydrogens is 474 g/mol. The highest BCUT2D eigenvalue weighted by Gasteiger charge is 2.25. The van der Waals surface area contributed by atoms with Crippen molar-refractivity contribution in [1.82, 2.24) is 24.6 Å². The smallest absolute Gasteiger partial charge is 0.280 e. The van der Waals surface area contributed by atoms with Gasteiger partial charge in [0.2, 0.25) is 0 Å². The summed E-state index contributed by atoms with van der Waals surface area (Å²) in [5, 5.41) is 5.08. The number of pyridine rings is 1. The lowest BCUT2D eigenvalue weighted by Crippen LogP contribution is -2.49. The molecule has 8 heteroatoms. The maximum absolute atomic E-state index is 13.4. The fourth-order valence-electron chi connectivity index (χ4n) is 5.99. The van der Waals surface area contributed by atoms with Gasteiger partial charge >= 0.3 is 0 Å². The van der Waals surface area contributed by atoms with Crippen molar-refractivity contribution in [3.8, 4) is 5.69 Å². The average Bonchev–Trinajstić information content (AvgIpc) is 3.29. The molecule has 0 bridgehead atoms. The first-order valence-corrected chi connectivity index (χ1v) is 14.0. The normalized spacial score (nSPS) is 17.9. The van der Waals surface area contributed by atoms with Crippen LogP contribution in [0.15, 0.2) is 53.5 Å². The molecule has 0 atom stereocenters. The molecule has 0 radical (unpaired) electrons. The Morgan fingerprint density at radius 1 is 0.737 bits per heavy atom. The number of para-hydroxylation sites is 1. The first-order valence-electron chi connectivity index (χ1n) is 14.0. The van der Waals surface area contributed by atoms with Crippen LogP contribution >= 0.6 is 0 Å². The van der Waals surface area contributed by atoms with Gasteiger partial charge in [0.05, 0.1) is 27.8 Å². The number of H-pyrrole nitrogens is 1. The van der Waals surface area contributed by atoms with Crippen LogP contribution in [0, 0.1) is 0 Å². The molecule has 8 nitrogen and oxygen atoms in total. The zero-order valence-electron chi connectivity index (χ0n) is 23.0. The van der Waals surface area contributed by atoms with Crippen LogP contribution in [0.4, 0.5) is 11.4 Å². The zero-order valence-corrected chi connectivity index (χ0v) is 23.0. The molecule has 200 valence electrons. The SMILES string of the molecule is CC(C)N1CCN(c2cc(N3CCN(C(C)C)CC3)c3ncc4c(=O)n(-c5ccccc5)[nH]c4c3c2)CC1. The van der Waals surface area contributed by atoms with E-state index >= 15 is 0 Å². The lowest BCUT2D eigenvalue weighted by molar-refractivity contribution is 0.209. The lowest BCUT2D eigenvalue weighted by atomic mass is 10.1. The molecule has 0 aliphatic carbocycles. The predicted octanol–water partition coefficient (Wildman–Crippen LogP) is 3.93. The number of hydrogen-bond donors (Lipinski definition) is 1. The van der Waals surface area contributed by atoms with E-state index in [1.807, 2.05) is 30.3 Å². The molecule has 4 heterocycles. The van der Waals surface area contributed by atoms with E-state index in [0.717, 1.165) is 74.5 Å². The average molecular weight is 514 g/mol. The minimum Gasteiger partial charge on any atom is -0.369 e. The molecule has 2 saturated heterocycles. The zero-order chi connectivity index (χ0) is 26.4. The Bertz CT molecular complexity index is 1470. The summed E-state index contributed by atoms with van der Waals surface area (Å²) in [6, 6.07) is 15.5. The van der Waals surface area contributed by atoms with E-state index in [-0.39, 0.29) is 5.56 Å². The quantitative estimate of drug-likeness (QED) is 0.436. The summed E-state index contributed by atoms with van der Waals surface area (Å²) in [5.41, 5.74) is 4.96. The molecule has 2 aromatic heterocycles. The number of aromatic nitrogens is 3. The predicted molar refractivity (Wildman–Crippen MR) is 157 cm³/mol. The van der Waals surface area contributed by atoms with Crippen molar-refractivity contribution in [2.24, 2.45) is 0 Å². The summed E-state index contributed by atoms with van der Waals surface area (Å²) < 4.78 is 1.64. The number of nitrogens with zero attached hydrogens (tertiary/aromatic N) is 6. The van der Waals surface area contributed by atoms with Gasteiger partial charge in [-0.05, 0) is 52.0 Å². The van der Waals surface area contributed by atoms with Crippen LogP contribution in [0.25, 0.3) is 27.5 Å². The largest absolute Gasteiger partial charge is 0.369 e.